The van der Waals surface area contributed by atoms with Crippen LogP contribution in [0.25, 0.3) is 43.8 Å². The monoisotopic (exact) mass is 385 g/mol. The van der Waals surface area contributed by atoms with Crippen LogP contribution in [0, 0.1) is 0 Å². The van der Waals surface area contributed by atoms with E-state index in [1.165, 1.54) is 0 Å². The van der Waals surface area contributed by atoms with Crippen LogP contribution in [-0.2, 0) is 0 Å². The van der Waals surface area contributed by atoms with Crippen molar-refractivity contribution in [1.82, 2.24) is 15.0 Å². The Balaban J connectivity index is 1.91. The van der Waals surface area contributed by atoms with Gasteiger partial charge in [-0.05, 0) is 51.3 Å². The first-order valence-corrected chi connectivity index (χ1v) is 8.78. The Morgan fingerprint density at radius 1 is 0.560 bits per heavy atom. The van der Waals surface area contributed by atoms with Gasteiger partial charge in [-0.25, -0.2) is 0 Å². The van der Waals surface area contributed by atoms with Crippen molar-refractivity contribution in [3.63, 3.8) is 0 Å². The standard InChI is InChI=1S/C21H12BrN3/c22-18-8-7-14(16-4-2-11-24-20(16)18)15-9-12-25-21-17(15)6-5-13-3-1-10-23-19(13)21/h1-12H. The number of pyridine rings is 3. The van der Waals surface area contributed by atoms with E-state index >= 15 is 0 Å². The molecule has 5 aromatic rings. The van der Waals surface area contributed by atoms with E-state index in [9.17, 15) is 0 Å². The summed E-state index contributed by atoms with van der Waals surface area (Å²) in [5.41, 5.74) is 5.11. The maximum absolute atomic E-state index is 4.61. The lowest BCUT2D eigenvalue weighted by Gasteiger charge is -2.11. The number of hydrogen-bond donors (Lipinski definition) is 0. The second-order valence-corrected chi connectivity index (χ2v) is 6.74. The number of hydrogen-bond acceptors (Lipinski definition) is 3. The smallest absolute Gasteiger partial charge is 0.0970 e. The molecule has 0 unspecified atom stereocenters. The van der Waals surface area contributed by atoms with Crippen LogP contribution >= 0.6 is 15.9 Å². The fourth-order valence-corrected chi connectivity index (χ4v) is 3.81. The van der Waals surface area contributed by atoms with Gasteiger partial charge in [0, 0.05) is 39.2 Å². The topological polar surface area (TPSA) is 38.7 Å². The van der Waals surface area contributed by atoms with Gasteiger partial charge in [0.1, 0.15) is 0 Å². The van der Waals surface area contributed by atoms with Crippen LogP contribution in [-0.4, -0.2) is 15.0 Å². The molecule has 0 aliphatic rings. The molecular weight excluding hydrogens is 374 g/mol. The zero-order chi connectivity index (χ0) is 16.8. The van der Waals surface area contributed by atoms with Gasteiger partial charge < -0.3 is 0 Å². The first-order valence-electron chi connectivity index (χ1n) is 7.99. The highest BCUT2D eigenvalue weighted by molar-refractivity contribution is 9.10. The van der Waals surface area contributed by atoms with Crippen molar-refractivity contribution in [2.24, 2.45) is 0 Å². The van der Waals surface area contributed by atoms with E-state index in [4.69, 9.17) is 0 Å². The first kappa shape index (κ1) is 14.5. The third kappa shape index (κ3) is 2.22. The number of halogens is 1. The number of nitrogens with zero attached hydrogens (tertiary/aromatic N) is 3. The second-order valence-electron chi connectivity index (χ2n) is 5.89. The SMILES string of the molecule is Brc1ccc(-c2ccnc3c2ccc2cccnc23)c2cccnc12. The molecule has 0 saturated heterocycles. The highest BCUT2D eigenvalue weighted by Gasteiger charge is 2.12. The largest absolute Gasteiger partial charge is 0.255 e. The predicted molar refractivity (Wildman–Crippen MR) is 105 cm³/mol. The molecule has 3 nitrogen and oxygen atoms in total. The Morgan fingerprint density at radius 2 is 1.28 bits per heavy atom. The van der Waals surface area contributed by atoms with E-state index in [0.717, 1.165) is 48.3 Å². The Hall–Kier alpha value is -2.85. The van der Waals surface area contributed by atoms with Crippen molar-refractivity contribution in [2.45, 2.75) is 0 Å². The highest BCUT2D eigenvalue weighted by Crippen LogP contribution is 2.36. The average molecular weight is 386 g/mol. The molecule has 0 bridgehead atoms. The number of benzene rings is 2. The molecular formula is C21H12BrN3. The summed E-state index contributed by atoms with van der Waals surface area (Å²) in [6, 6.07) is 18.6. The Kier molecular flexibility index (Phi) is 3.25. The molecule has 3 aromatic heterocycles. The van der Waals surface area contributed by atoms with Crippen molar-refractivity contribution >= 4 is 48.6 Å². The summed E-state index contributed by atoms with van der Waals surface area (Å²) in [7, 11) is 0. The molecule has 0 N–H and O–H groups in total. The van der Waals surface area contributed by atoms with Crippen molar-refractivity contribution < 1.29 is 0 Å². The van der Waals surface area contributed by atoms with Crippen molar-refractivity contribution in [3.8, 4) is 11.1 Å². The highest BCUT2D eigenvalue weighted by atomic mass is 79.9. The third-order valence-corrected chi connectivity index (χ3v) is 5.13. The van der Waals surface area contributed by atoms with Gasteiger partial charge in [0.2, 0.25) is 0 Å². The molecule has 25 heavy (non-hydrogen) atoms. The Morgan fingerprint density at radius 3 is 2.20 bits per heavy atom. The van der Waals surface area contributed by atoms with Gasteiger partial charge >= 0.3 is 0 Å². The van der Waals surface area contributed by atoms with Gasteiger partial charge in [-0.1, -0.05) is 30.3 Å². The van der Waals surface area contributed by atoms with Gasteiger partial charge in [-0.2, -0.15) is 0 Å². The molecule has 0 radical (unpaired) electrons. The van der Waals surface area contributed by atoms with E-state index in [1.54, 1.807) is 0 Å². The van der Waals surface area contributed by atoms with Crippen LogP contribution in [0.2, 0.25) is 0 Å². The molecule has 118 valence electrons. The summed E-state index contributed by atoms with van der Waals surface area (Å²) in [4.78, 5) is 13.7. The summed E-state index contributed by atoms with van der Waals surface area (Å²) >= 11 is 3.60. The summed E-state index contributed by atoms with van der Waals surface area (Å²) in [6.45, 7) is 0. The maximum atomic E-state index is 4.61. The molecule has 0 fully saturated rings. The lowest BCUT2D eigenvalue weighted by Crippen LogP contribution is -1.90. The van der Waals surface area contributed by atoms with Crippen LogP contribution in [0.15, 0.2) is 77.7 Å². The predicted octanol–water partition coefficient (Wildman–Crippen LogP) is 5.76. The van der Waals surface area contributed by atoms with Gasteiger partial charge in [0.05, 0.1) is 16.6 Å². The van der Waals surface area contributed by atoms with Gasteiger partial charge in [0.25, 0.3) is 0 Å². The average Bonchev–Trinajstić information content (AvgIpc) is 2.68. The minimum atomic E-state index is 0.926. The molecule has 3 heterocycles. The third-order valence-electron chi connectivity index (χ3n) is 4.49. The normalized spacial score (nSPS) is 11.4. The van der Waals surface area contributed by atoms with Crippen molar-refractivity contribution in [3.05, 3.63) is 77.7 Å². The lowest BCUT2D eigenvalue weighted by atomic mass is 9.96. The van der Waals surface area contributed by atoms with Crippen LogP contribution in [0.3, 0.4) is 0 Å². The number of aromatic nitrogens is 3. The summed E-state index contributed by atoms with van der Waals surface area (Å²) in [5.74, 6) is 0. The zero-order valence-corrected chi connectivity index (χ0v) is 14.7. The minimum absolute atomic E-state index is 0.926. The maximum Gasteiger partial charge on any atom is 0.0970 e. The molecule has 0 aliphatic carbocycles. The molecule has 0 amide bonds. The van der Waals surface area contributed by atoms with Gasteiger partial charge in [-0.3, -0.25) is 15.0 Å². The zero-order valence-electron chi connectivity index (χ0n) is 13.1. The fraction of sp³-hybridized carbons (Fsp3) is 0. The molecule has 0 saturated carbocycles. The van der Waals surface area contributed by atoms with Crippen LogP contribution in [0.5, 0.6) is 0 Å². The summed E-state index contributed by atoms with van der Waals surface area (Å²) in [6.07, 6.45) is 5.49. The van der Waals surface area contributed by atoms with E-state index in [0.29, 0.717) is 0 Å². The molecule has 0 aliphatic heterocycles. The first-order chi connectivity index (χ1) is 12.3. The number of fused-ring (bicyclic) bond motifs is 4. The van der Waals surface area contributed by atoms with Crippen LogP contribution in [0.1, 0.15) is 0 Å². The van der Waals surface area contributed by atoms with Crippen LogP contribution in [0.4, 0.5) is 0 Å². The second kappa shape index (κ2) is 5.60. The molecule has 2 aromatic carbocycles. The van der Waals surface area contributed by atoms with E-state index < -0.39 is 0 Å². The lowest BCUT2D eigenvalue weighted by molar-refractivity contribution is 1.37. The molecule has 4 heteroatoms. The van der Waals surface area contributed by atoms with Gasteiger partial charge in [0.15, 0.2) is 0 Å². The molecule has 0 atom stereocenters. The minimum Gasteiger partial charge on any atom is -0.255 e. The van der Waals surface area contributed by atoms with Crippen LogP contribution < -0.4 is 0 Å². The van der Waals surface area contributed by atoms with E-state index in [-0.39, 0.29) is 0 Å². The molecule has 5 rings (SSSR count). The Labute approximate surface area is 152 Å². The molecule has 0 spiro atoms. The Bertz CT molecular complexity index is 1260. The van der Waals surface area contributed by atoms with Gasteiger partial charge in [-0.15, -0.1) is 0 Å². The van der Waals surface area contributed by atoms with E-state index in [1.807, 2.05) is 30.7 Å². The summed E-state index contributed by atoms with van der Waals surface area (Å²) in [5, 5.41) is 3.31. The van der Waals surface area contributed by atoms with Crippen molar-refractivity contribution in [2.75, 3.05) is 0 Å². The fourth-order valence-electron chi connectivity index (χ4n) is 3.36. The number of rotatable bonds is 1. The quantitative estimate of drug-likeness (QED) is 0.344. The summed E-state index contributed by atoms with van der Waals surface area (Å²) < 4.78 is 0.998. The van der Waals surface area contributed by atoms with Crippen molar-refractivity contribution in [1.29, 1.82) is 0 Å². The van der Waals surface area contributed by atoms with E-state index in [2.05, 4.69) is 73.3 Å².